The molecule has 7 nitrogen and oxygen atoms in total. The minimum Gasteiger partial charge on any atom is -0.497 e. The lowest BCUT2D eigenvalue weighted by Gasteiger charge is -2.12. The first-order chi connectivity index (χ1) is 12.4. The van der Waals surface area contributed by atoms with Crippen molar-refractivity contribution < 1.29 is 13.2 Å². The first-order valence-corrected chi connectivity index (χ1v) is 9.66. The van der Waals surface area contributed by atoms with Crippen LogP contribution in [0.15, 0.2) is 58.4 Å². The number of primary sulfonamides is 1. The summed E-state index contributed by atoms with van der Waals surface area (Å²) in [4.78, 5) is 4.26. The average Bonchev–Trinajstić information content (AvgIpc) is 2.64. The zero-order valence-corrected chi connectivity index (χ0v) is 18.5. The van der Waals surface area contributed by atoms with E-state index in [0.29, 0.717) is 19.0 Å². The number of aliphatic imine (C=N–C) groups is 1. The van der Waals surface area contributed by atoms with Crippen molar-refractivity contribution in [2.45, 2.75) is 17.9 Å². The summed E-state index contributed by atoms with van der Waals surface area (Å²) in [5.74, 6) is 1.47. The minimum atomic E-state index is -3.70. The molecule has 0 aromatic heterocycles. The van der Waals surface area contributed by atoms with E-state index in [4.69, 9.17) is 9.88 Å². The maximum absolute atomic E-state index is 11.4. The van der Waals surface area contributed by atoms with E-state index >= 15 is 0 Å². The predicted molar refractivity (Wildman–Crippen MR) is 118 cm³/mol. The molecule has 148 valence electrons. The van der Waals surface area contributed by atoms with Gasteiger partial charge >= 0.3 is 0 Å². The second-order valence-electron chi connectivity index (χ2n) is 5.64. The van der Waals surface area contributed by atoms with Gasteiger partial charge in [-0.3, -0.25) is 4.99 Å². The van der Waals surface area contributed by atoms with Crippen LogP contribution in [0.2, 0.25) is 0 Å². The topological polar surface area (TPSA) is 106 Å². The van der Waals surface area contributed by atoms with Gasteiger partial charge in [0.25, 0.3) is 0 Å². The molecule has 0 fully saturated rings. The number of hydrogen-bond donors (Lipinski definition) is 3. The zero-order chi connectivity index (χ0) is 19.0. The molecule has 0 aliphatic carbocycles. The van der Waals surface area contributed by atoms with E-state index in [1.807, 2.05) is 30.3 Å². The summed E-state index contributed by atoms with van der Waals surface area (Å²) < 4.78 is 28.0. The third-order valence-corrected chi connectivity index (χ3v) is 4.69. The Hall–Kier alpha value is -1.85. The minimum absolute atomic E-state index is 0. The van der Waals surface area contributed by atoms with Gasteiger partial charge in [-0.15, -0.1) is 24.0 Å². The van der Waals surface area contributed by atoms with E-state index in [9.17, 15) is 8.42 Å². The number of guanidine groups is 1. The summed E-state index contributed by atoms with van der Waals surface area (Å²) in [6.07, 6.45) is 0.839. The summed E-state index contributed by atoms with van der Waals surface area (Å²) in [6, 6.07) is 14.4. The first kappa shape index (κ1) is 23.2. The summed E-state index contributed by atoms with van der Waals surface area (Å²) >= 11 is 0. The van der Waals surface area contributed by atoms with Crippen LogP contribution in [0.5, 0.6) is 5.75 Å². The number of nitrogens with one attached hydrogen (secondary N) is 2. The van der Waals surface area contributed by atoms with Crippen LogP contribution in [0.4, 0.5) is 0 Å². The summed E-state index contributed by atoms with van der Waals surface area (Å²) in [5, 5.41) is 11.5. The van der Waals surface area contributed by atoms with Crippen LogP contribution < -0.4 is 20.5 Å². The number of rotatable bonds is 7. The van der Waals surface area contributed by atoms with Crippen LogP contribution in [0, 0.1) is 0 Å². The van der Waals surface area contributed by atoms with Gasteiger partial charge in [-0.1, -0.05) is 24.3 Å². The highest BCUT2D eigenvalue weighted by Crippen LogP contribution is 2.11. The molecule has 0 saturated heterocycles. The van der Waals surface area contributed by atoms with Crippen molar-refractivity contribution in [2.24, 2.45) is 10.1 Å². The third-order valence-electron chi connectivity index (χ3n) is 3.78. The summed E-state index contributed by atoms with van der Waals surface area (Å²) in [7, 11) is -0.374. The largest absolute Gasteiger partial charge is 0.497 e. The molecule has 0 radical (unpaired) electrons. The standard InChI is InChI=1S/C18H24N4O3S.HI/c1-20-18(21-11-10-14-6-8-16(25-2)9-7-14)22-13-15-4-3-5-17(12-15)26(19,23)24;/h3-9,12H,10-11,13H2,1-2H3,(H2,19,23,24)(H2,20,21,22);1H. The van der Waals surface area contributed by atoms with Crippen molar-refractivity contribution >= 4 is 40.0 Å². The smallest absolute Gasteiger partial charge is 0.238 e. The van der Waals surface area contributed by atoms with Crippen LogP contribution >= 0.6 is 24.0 Å². The fourth-order valence-corrected chi connectivity index (χ4v) is 2.94. The van der Waals surface area contributed by atoms with E-state index in [0.717, 1.165) is 17.7 Å². The van der Waals surface area contributed by atoms with Gasteiger partial charge < -0.3 is 15.4 Å². The highest BCUT2D eigenvalue weighted by atomic mass is 127. The molecule has 0 saturated carbocycles. The number of ether oxygens (including phenoxy) is 1. The number of benzene rings is 2. The van der Waals surface area contributed by atoms with Crippen LogP contribution in [-0.2, 0) is 23.0 Å². The predicted octanol–water partition coefficient (Wildman–Crippen LogP) is 1.87. The number of nitrogens with two attached hydrogens (primary N) is 1. The Balaban J connectivity index is 0.00000364. The molecule has 0 heterocycles. The van der Waals surface area contributed by atoms with E-state index in [-0.39, 0.29) is 28.9 Å². The van der Waals surface area contributed by atoms with Gasteiger partial charge in [-0.25, -0.2) is 13.6 Å². The van der Waals surface area contributed by atoms with Crippen molar-refractivity contribution in [1.29, 1.82) is 0 Å². The molecule has 2 aromatic carbocycles. The Bertz CT molecular complexity index is 855. The quantitative estimate of drug-likeness (QED) is 0.303. The van der Waals surface area contributed by atoms with E-state index < -0.39 is 10.0 Å². The van der Waals surface area contributed by atoms with Crippen molar-refractivity contribution in [3.8, 4) is 5.75 Å². The molecule has 0 aliphatic heterocycles. The van der Waals surface area contributed by atoms with Gasteiger partial charge in [-0.2, -0.15) is 0 Å². The number of halogens is 1. The van der Waals surface area contributed by atoms with Crippen LogP contribution in [-0.4, -0.2) is 35.1 Å². The van der Waals surface area contributed by atoms with Crippen LogP contribution in [0.1, 0.15) is 11.1 Å². The van der Waals surface area contributed by atoms with Crippen molar-refractivity contribution in [3.05, 3.63) is 59.7 Å². The van der Waals surface area contributed by atoms with Crippen molar-refractivity contribution in [2.75, 3.05) is 20.7 Å². The molecule has 27 heavy (non-hydrogen) atoms. The molecule has 2 aromatic rings. The van der Waals surface area contributed by atoms with Gasteiger partial charge in [0.1, 0.15) is 5.75 Å². The highest BCUT2D eigenvalue weighted by molar-refractivity contribution is 14.0. The second kappa shape index (κ2) is 11.1. The molecule has 0 aliphatic rings. The van der Waals surface area contributed by atoms with Gasteiger partial charge in [-0.05, 0) is 41.8 Å². The molecule has 0 unspecified atom stereocenters. The Labute approximate surface area is 177 Å². The first-order valence-electron chi connectivity index (χ1n) is 8.11. The lowest BCUT2D eigenvalue weighted by Crippen LogP contribution is -2.37. The molecular formula is C18H25IN4O3S. The lowest BCUT2D eigenvalue weighted by atomic mass is 10.1. The Morgan fingerprint density at radius 2 is 1.81 bits per heavy atom. The Morgan fingerprint density at radius 3 is 2.41 bits per heavy atom. The maximum Gasteiger partial charge on any atom is 0.238 e. The third kappa shape index (κ3) is 7.73. The molecule has 9 heteroatoms. The van der Waals surface area contributed by atoms with E-state index in [2.05, 4.69) is 15.6 Å². The average molecular weight is 504 g/mol. The molecular weight excluding hydrogens is 479 g/mol. The molecule has 2 rings (SSSR count). The number of nitrogens with zero attached hydrogens (tertiary/aromatic N) is 1. The summed E-state index contributed by atoms with van der Waals surface area (Å²) in [6.45, 7) is 1.15. The van der Waals surface area contributed by atoms with Gasteiger partial charge in [0, 0.05) is 20.1 Å². The van der Waals surface area contributed by atoms with E-state index in [1.54, 1.807) is 26.3 Å². The summed E-state index contributed by atoms with van der Waals surface area (Å²) in [5.41, 5.74) is 1.99. The molecule has 0 atom stereocenters. The highest BCUT2D eigenvalue weighted by Gasteiger charge is 2.08. The SMILES string of the molecule is CN=C(NCCc1ccc(OC)cc1)NCc1cccc(S(N)(=O)=O)c1.I. The fourth-order valence-electron chi connectivity index (χ4n) is 2.36. The van der Waals surface area contributed by atoms with Crippen molar-refractivity contribution in [1.82, 2.24) is 10.6 Å². The molecule has 0 spiro atoms. The van der Waals surface area contributed by atoms with Gasteiger partial charge in [0.2, 0.25) is 10.0 Å². The normalized spacial score (nSPS) is 11.4. The fraction of sp³-hybridized carbons (Fsp3) is 0.278. The van der Waals surface area contributed by atoms with Gasteiger partial charge in [0.15, 0.2) is 5.96 Å². The number of methoxy groups -OCH3 is 1. The zero-order valence-electron chi connectivity index (χ0n) is 15.3. The number of sulfonamides is 1. The van der Waals surface area contributed by atoms with Crippen LogP contribution in [0.3, 0.4) is 0 Å². The Kier molecular flexibility index (Phi) is 9.53. The second-order valence-corrected chi connectivity index (χ2v) is 7.20. The van der Waals surface area contributed by atoms with Crippen molar-refractivity contribution in [3.63, 3.8) is 0 Å². The monoisotopic (exact) mass is 504 g/mol. The molecule has 0 bridgehead atoms. The lowest BCUT2D eigenvalue weighted by molar-refractivity contribution is 0.414. The molecule has 0 amide bonds. The maximum atomic E-state index is 11.4. The Morgan fingerprint density at radius 1 is 1.11 bits per heavy atom. The number of hydrogen-bond acceptors (Lipinski definition) is 4. The van der Waals surface area contributed by atoms with E-state index in [1.165, 1.54) is 11.6 Å². The molecule has 4 N–H and O–H groups in total. The van der Waals surface area contributed by atoms with Crippen LogP contribution in [0.25, 0.3) is 0 Å². The van der Waals surface area contributed by atoms with Gasteiger partial charge in [0.05, 0.1) is 12.0 Å².